The molecule has 1 aliphatic heterocycles. The van der Waals surface area contributed by atoms with Gasteiger partial charge in [-0.1, -0.05) is 32.4 Å². The molecule has 0 aromatic heterocycles. The number of carbonyl (C=O) groups is 1. The summed E-state index contributed by atoms with van der Waals surface area (Å²) in [7, 11) is 0. The molecule has 1 amide bonds. The topological polar surface area (TPSA) is 44.2 Å². The summed E-state index contributed by atoms with van der Waals surface area (Å²) in [5.41, 5.74) is 0.913. The van der Waals surface area contributed by atoms with Crippen LogP contribution in [0.1, 0.15) is 41.5 Å². The second-order valence-corrected chi connectivity index (χ2v) is 7.53. The van der Waals surface area contributed by atoms with Gasteiger partial charge in [0.05, 0.1) is 5.92 Å². The number of carbonyl (C=O) groups excluding carboxylic acids is 1. The van der Waals surface area contributed by atoms with E-state index in [1.807, 2.05) is 11.0 Å². The molecule has 1 heterocycles. The van der Waals surface area contributed by atoms with E-state index in [9.17, 15) is 4.79 Å². The molecular formula is C17H28N2O. The van der Waals surface area contributed by atoms with Gasteiger partial charge in [-0.25, -0.2) is 0 Å². The highest BCUT2D eigenvalue weighted by atomic mass is 16.2. The molecule has 2 unspecified atom stereocenters. The minimum atomic E-state index is -0.181. The van der Waals surface area contributed by atoms with Gasteiger partial charge in [0.1, 0.15) is 0 Å². The first-order valence-corrected chi connectivity index (χ1v) is 7.19. The molecule has 20 heavy (non-hydrogen) atoms. The molecule has 3 heteroatoms. The lowest BCUT2D eigenvalue weighted by molar-refractivity contribution is -0.133. The lowest BCUT2D eigenvalue weighted by Gasteiger charge is -2.33. The highest BCUT2D eigenvalue weighted by Gasteiger charge is 2.45. The van der Waals surface area contributed by atoms with Crippen molar-refractivity contribution in [1.82, 2.24) is 4.90 Å². The lowest BCUT2D eigenvalue weighted by Crippen LogP contribution is -2.43. The van der Waals surface area contributed by atoms with Crippen molar-refractivity contribution in [2.75, 3.05) is 6.54 Å². The van der Waals surface area contributed by atoms with Gasteiger partial charge in [0.15, 0.2) is 0 Å². The van der Waals surface area contributed by atoms with Gasteiger partial charge in [-0.05, 0) is 32.3 Å². The molecule has 1 saturated heterocycles. The number of nitrogens with zero attached hydrogens (tertiary/aromatic N) is 1. The van der Waals surface area contributed by atoms with Crippen molar-refractivity contribution in [2.45, 2.75) is 47.1 Å². The maximum Gasteiger partial charge on any atom is 0.230 e. The summed E-state index contributed by atoms with van der Waals surface area (Å²) in [6.07, 6.45) is 4.94. The Morgan fingerprint density at radius 3 is 2.20 bits per heavy atom. The van der Waals surface area contributed by atoms with Gasteiger partial charge < -0.3 is 10.3 Å². The molecular weight excluding hydrogens is 248 g/mol. The predicted octanol–water partition coefficient (Wildman–Crippen LogP) is 3.67. The Balaban J connectivity index is 3.24. The van der Waals surface area contributed by atoms with Crippen LogP contribution in [0.3, 0.4) is 0 Å². The molecule has 0 aliphatic carbocycles. The fourth-order valence-electron chi connectivity index (χ4n) is 2.93. The first-order chi connectivity index (χ1) is 9.04. The second-order valence-electron chi connectivity index (χ2n) is 7.53. The van der Waals surface area contributed by atoms with Crippen molar-refractivity contribution >= 4 is 12.1 Å². The summed E-state index contributed by atoms with van der Waals surface area (Å²) in [6.45, 7) is 17.1. The van der Waals surface area contributed by atoms with Gasteiger partial charge in [0.2, 0.25) is 5.91 Å². The van der Waals surface area contributed by atoms with Crippen LogP contribution in [-0.4, -0.2) is 29.1 Å². The fraction of sp³-hybridized carbons (Fsp3) is 0.647. The third-order valence-electron chi connectivity index (χ3n) is 3.96. The molecule has 0 bridgehead atoms. The van der Waals surface area contributed by atoms with E-state index in [1.165, 1.54) is 6.21 Å². The second kappa shape index (κ2) is 5.55. The highest BCUT2D eigenvalue weighted by molar-refractivity contribution is 5.85. The van der Waals surface area contributed by atoms with Gasteiger partial charge in [-0.3, -0.25) is 4.79 Å². The Hall–Kier alpha value is -1.38. The quantitative estimate of drug-likeness (QED) is 0.620. The van der Waals surface area contributed by atoms with E-state index < -0.39 is 0 Å². The average molecular weight is 276 g/mol. The SMILES string of the molecule is C=CC1C(=O)N(C(C)(C)C)CC1/C(=C\C=N)C(C)(C)C. The molecule has 1 aliphatic rings. The predicted molar refractivity (Wildman–Crippen MR) is 85.0 cm³/mol. The number of amides is 1. The Labute approximate surface area is 123 Å². The van der Waals surface area contributed by atoms with Crippen molar-refractivity contribution in [3.8, 4) is 0 Å². The molecule has 1 fully saturated rings. The van der Waals surface area contributed by atoms with Crippen LogP contribution < -0.4 is 0 Å². The van der Waals surface area contributed by atoms with E-state index in [0.717, 1.165) is 5.57 Å². The van der Waals surface area contributed by atoms with E-state index in [-0.39, 0.29) is 28.7 Å². The van der Waals surface area contributed by atoms with Crippen molar-refractivity contribution in [3.63, 3.8) is 0 Å². The summed E-state index contributed by atoms with van der Waals surface area (Å²) < 4.78 is 0. The largest absolute Gasteiger partial charge is 0.337 e. The molecule has 3 nitrogen and oxygen atoms in total. The van der Waals surface area contributed by atoms with Crippen LogP contribution in [0.15, 0.2) is 24.3 Å². The van der Waals surface area contributed by atoms with Crippen molar-refractivity contribution in [2.24, 2.45) is 17.3 Å². The Kier molecular flexibility index (Phi) is 4.62. The molecule has 0 aromatic rings. The number of rotatable bonds is 3. The third kappa shape index (κ3) is 3.20. The summed E-state index contributed by atoms with van der Waals surface area (Å²) in [5.74, 6) is 0.0816. The fourth-order valence-corrected chi connectivity index (χ4v) is 2.93. The molecule has 1 rings (SSSR count). The van der Waals surface area contributed by atoms with Crippen LogP contribution in [0, 0.1) is 22.7 Å². The van der Waals surface area contributed by atoms with Crippen LogP contribution in [0.25, 0.3) is 0 Å². The van der Waals surface area contributed by atoms with Crippen LogP contribution in [0.4, 0.5) is 0 Å². The molecule has 0 saturated carbocycles. The number of nitrogens with one attached hydrogen (secondary N) is 1. The standard InChI is InChI=1S/C17H28N2O/c1-8-12-13(14(9-10-18)16(2,3)4)11-19(15(12)20)17(5,6)7/h8-10,12-13,18H,1,11H2,2-7H3/b14-9+,18-10?. The Bertz CT molecular complexity index is 435. The van der Waals surface area contributed by atoms with Crippen LogP contribution >= 0.6 is 0 Å². The van der Waals surface area contributed by atoms with Gasteiger partial charge in [-0.15, -0.1) is 6.58 Å². The summed E-state index contributed by atoms with van der Waals surface area (Å²) in [5, 5.41) is 7.40. The lowest BCUT2D eigenvalue weighted by atomic mass is 9.74. The summed E-state index contributed by atoms with van der Waals surface area (Å²) in [6, 6.07) is 0. The van der Waals surface area contributed by atoms with Gasteiger partial charge in [0, 0.05) is 24.2 Å². The van der Waals surface area contributed by atoms with Gasteiger partial charge in [-0.2, -0.15) is 0 Å². The smallest absolute Gasteiger partial charge is 0.230 e. The van der Waals surface area contributed by atoms with E-state index in [2.05, 4.69) is 48.1 Å². The van der Waals surface area contributed by atoms with Gasteiger partial charge in [0.25, 0.3) is 0 Å². The first-order valence-electron chi connectivity index (χ1n) is 7.19. The number of allylic oxidation sites excluding steroid dienone is 1. The molecule has 0 aromatic carbocycles. The molecule has 1 N–H and O–H groups in total. The van der Waals surface area contributed by atoms with Crippen LogP contribution in [0.5, 0.6) is 0 Å². The molecule has 2 atom stereocenters. The minimum absolute atomic E-state index is 0.0579. The molecule has 112 valence electrons. The van der Waals surface area contributed by atoms with E-state index >= 15 is 0 Å². The molecule has 0 radical (unpaired) electrons. The van der Waals surface area contributed by atoms with E-state index in [1.54, 1.807) is 6.08 Å². The normalized spacial score (nSPS) is 25.0. The summed E-state index contributed by atoms with van der Waals surface area (Å²) in [4.78, 5) is 14.5. The van der Waals surface area contributed by atoms with Gasteiger partial charge >= 0.3 is 0 Å². The highest BCUT2D eigenvalue weighted by Crippen LogP contribution is 2.41. The van der Waals surface area contributed by atoms with E-state index in [0.29, 0.717) is 6.54 Å². The van der Waals surface area contributed by atoms with Crippen LogP contribution in [-0.2, 0) is 4.79 Å². The van der Waals surface area contributed by atoms with Crippen molar-refractivity contribution in [3.05, 3.63) is 24.3 Å². The zero-order valence-corrected chi connectivity index (χ0v) is 13.7. The molecule has 0 spiro atoms. The van der Waals surface area contributed by atoms with E-state index in [4.69, 9.17) is 5.41 Å². The van der Waals surface area contributed by atoms with Crippen molar-refractivity contribution < 1.29 is 4.79 Å². The number of hydrogen-bond acceptors (Lipinski definition) is 2. The monoisotopic (exact) mass is 276 g/mol. The average Bonchev–Trinajstić information content (AvgIpc) is 2.60. The maximum atomic E-state index is 12.6. The maximum absolute atomic E-state index is 12.6. The van der Waals surface area contributed by atoms with Crippen molar-refractivity contribution in [1.29, 1.82) is 5.41 Å². The third-order valence-corrected chi connectivity index (χ3v) is 3.96. The minimum Gasteiger partial charge on any atom is -0.337 e. The summed E-state index contributed by atoms with van der Waals surface area (Å²) >= 11 is 0. The first kappa shape index (κ1) is 16.7. The number of hydrogen-bond donors (Lipinski definition) is 1. The Morgan fingerprint density at radius 2 is 1.85 bits per heavy atom. The number of likely N-dealkylation sites (tertiary alicyclic amines) is 1. The Morgan fingerprint density at radius 1 is 1.30 bits per heavy atom. The zero-order chi connectivity index (χ0) is 15.7. The van der Waals surface area contributed by atoms with Crippen LogP contribution in [0.2, 0.25) is 0 Å². The zero-order valence-electron chi connectivity index (χ0n) is 13.7.